The van der Waals surface area contributed by atoms with E-state index in [4.69, 9.17) is 0 Å². The van der Waals surface area contributed by atoms with Crippen molar-refractivity contribution in [2.45, 2.75) is 31.7 Å². The Balaban J connectivity index is 1.75. The van der Waals surface area contributed by atoms with Crippen LogP contribution >= 0.6 is 11.8 Å². The van der Waals surface area contributed by atoms with Crippen molar-refractivity contribution in [3.63, 3.8) is 0 Å². The Morgan fingerprint density at radius 3 is 3.00 bits per heavy atom. The molecule has 1 aromatic carbocycles. The Hall–Kier alpha value is -0.630. The number of hydrogen-bond acceptors (Lipinski definition) is 2. The average Bonchev–Trinajstić information content (AvgIpc) is 2.87. The van der Waals surface area contributed by atoms with E-state index in [2.05, 4.69) is 35.3 Å². The molecule has 1 heterocycles. The summed E-state index contributed by atoms with van der Waals surface area (Å²) in [7, 11) is 0. The number of fused-ring (bicyclic) bond motifs is 1. The lowest BCUT2D eigenvalue weighted by Crippen LogP contribution is -2.18. The first-order chi connectivity index (χ1) is 7.42. The zero-order chi connectivity index (χ0) is 10.1. The van der Waals surface area contributed by atoms with Crippen LogP contribution in [0, 0.1) is 0 Å². The Morgan fingerprint density at radius 1 is 1.20 bits per heavy atom. The van der Waals surface area contributed by atoms with Crippen molar-refractivity contribution in [2.75, 3.05) is 16.8 Å². The normalized spacial score (nSPS) is 24.1. The number of aryl methyl sites for hydroxylation is 2. The fraction of sp³-hybridized carbons (Fsp3) is 0.538. The topological polar surface area (TPSA) is 12.0 Å². The maximum absolute atomic E-state index is 3.65. The fourth-order valence-corrected chi connectivity index (χ4v) is 3.70. The molecule has 2 aliphatic rings. The largest absolute Gasteiger partial charge is 0.381 e. The number of thioether (sulfide) groups is 1. The first-order valence-electron chi connectivity index (χ1n) is 5.88. The molecule has 1 unspecified atom stereocenters. The van der Waals surface area contributed by atoms with Gasteiger partial charge in [0.2, 0.25) is 0 Å². The summed E-state index contributed by atoms with van der Waals surface area (Å²) in [6, 6.07) is 7.64. The lowest BCUT2D eigenvalue weighted by Gasteiger charge is -2.13. The van der Waals surface area contributed by atoms with Gasteiger partial charge in [0.25, 0.3) is 0 Å². The highest BCUT2D eigenvalue weighted by Crippen LogP contribution is 2.27. The van der Waals surface area contributed by atoms with E-state index >= 15 is 0 Å². The molecule has 1 N–H and O–H groups in total. The van der Waals surface area contributed by atoms with Crippen LogP contribution in [0.5, 0.6) is 0 Å². The van der Waals surface area contributed by atoms with E-state index < -0.39 is 0 Å². The van der Waals surface area contributed by atoms with E-state index in [0.29, 0.717) is 6.04 Å². The first-order valence-corrected chi connectivity index (χ1v) is 7.03. The van der Waals surface area contributed by atoms with Crippen molar-refractivity contribution in [2.24, 2.45) is 0 Å². The number of benzene rings is 1. The maximum atomic E-state index is 3.65. The van der Waals surface area contributed by atoms with Gasteiger partial charge >= 0.3 is 0 Å². The molecule has 0 spiro atoms. The van der Waals surface area contributed by atoms with Crippen molar-refractivity contribution in [3.8, 4) is 0 Å². The Bertz CT molecular complexity index is 356. The number of anilines is 1. The molecule has 1 fully saturated rings. The van der Waals surface area contributed by atoms with Crippen LogP contribution in [0.4, 0.5) is 5.69 Å². The summed E-state index contributed by atoms with van der Waals surface area (Å²) in [6.07, 6.45) is 5.24. The number of rotatable bonds is 2. The van der Waals surface area contributed by atoms with Gasteiger partial charge in [0, 0.05) is 17.5 Å². The molecule has 1 atom stereocenters. The van der Waals surface area contributed by atoms with Crippen molar-refractivity contribution in [1.29, 1.82) is 0 Å². The van der Waals surface area contributed by atoms with E-state index in [1.165, 1.54) is 42.9 Å². The summed E-state index contributed by atoms with van der Waals surface area (Å²) in [5.74, 6) is 2.60. The van der Waals surface area contributed by atoms with Gasteiger partial charge in [-0.05, 0) is 54.7 Å². The minimum Gasteiger partial charge on any atom is -0.381 e. The molecular weight excluding hydrogens is 202 g/mol. The Labute approximate surface area is 95.6 Å². The molecule has 0 bridgehead atoms. The summed E-state index contributed by atoms with van der Waals surface area (Å²) < 4.78 is 0. The maximum Gasteiger partial charge on any atom is 0.0359 e. The average molecular weight is 219 g/mol. The summed E-state index contributed by atoms with van der Waals surface area (Å²) >= 11 is 2.06. The van der Waals surface area contributed by atoms with Crippen LogP contribution in [0.25, 0.3) is 0 Å². The van der Waals surface area contributed by atoms with Gasteiger partial charge < -0.3 is 5.32 Å². The minimum atomic E-state index is 0.703. The number of nitrogens with one attached hydrogen (secondary N) is 1. The van der Waals surface area contributed by atoms with Gasteiger partial charge in [-0.15, -0.1) is 0 Å². The van der Waals surface area contributed by atoms with Crippen molar-refractivity contribution >= 4 is 17.4 Å². The summed E-state index contributed by atoms with van der Waals surface area (Å²) in [6.45, 7) is 0. The monoisotopic (exact) mass is 219 g/mol. The molecule has 1 nitrogen and oxygen atoms in total. The molecule has 1 aliphatic carbocycles. The quantitative estimate of drug-likeness (QED) is 0.820. The van der Waals surface area contributed by atoms with Gasteiger partial charge in [0.1, 0.15) is 0 Å². The molecular formula is C13H17NS. The Morgan fingerprint density at radius 2 is 2.13 bits per heavy atom. The van der Waals surface area contributed by atoms with Crippen LogP contribution in [0.3, 0.4) is 0 Å². The summed E-state index contributed by atoms with van der Waals surface area (Å²) in [5.41, 5.74) is 4.48. The minimum absolute atomic E-state index is 0.703. The highest BCUT2D eigenvalue weighted by Gasteiger charge is 2.16. The second kappa shape index (κ2) is 4.09. The molecule has 0 radical (unpaired) electrons. The van der Waals surface area contributed by atoms with Gasteiger partial charge in [-0.3, -0.25) is 0 Å². The SMILES string of the molecule is c1cc2c(cc1NC1CCSC1)CCC2. The standard InChI is InChI=1S/C13H17NS/c1-2-10-4-5-12(8-11(10)3-1)14-13-6-7-15-9-13/h4-5,8,13-14H,1-3,6-7,9H2. The van der Waals surface area contributed by atoms with E-state index in [-0.39, 0.29) is 0 Å². The molecule has 3 rings (SSSR count). The smallest absolute Gasteiger partial charge is 0.0359 e. The molecule has 0 aromatic heterocycles. The van der Waals surface area contributed by atoms with Gasteiger partial charge in [-0.2, -0.15) is 11.8 Å². The lowest BCUT2D eigenvalue weighted by molar-refractivity contribution is 0.813. The third kappa shape index (κ3) is 2.00. The van der Waals surface area contributed by atoms with Crippen LogP contribution < -0.4 is 5.32 Å². The second-order valence-electron chi connectivity index (χ2n) is 4.54. The lowest BCUT2D eigenvalue weighted by atomic mass is 10.1. The third-order valence-corrected chi connectivity index (χ3v) is 4.56. The predicted octanol–water partition coefficient (Wildman–Crippen LogP) is 3.09. The molecule has 80 valence electrons. The van der Waals surface area contributed by atoms with Crippen molar-refractivity contribution in [1.82, 2.24) is 0 Å². The van der Waals surface area contributed by atoms with Crippen LogP contribution in [0.15, 0.2) is 18.2 Å². The fourth-order valence-electron chi connectivity index (χ4n) is 2.55. The van der Waals surface area contributed by atoms with E-state index in [9.17, 15) is 0 Å². The Kier molecular flexibility index (Phi) is 2.61. The first kappa shape index (κ1) is 9.59. The van der Waals surface area contributed by atoms with Gasteiger partial charge in [-0.25, -0.2) is 0 Å². The second-order valence-corrected chi connectivity index (χ2v) is 5.69. The van der Waals surface area contributed by atoms with E-state index in [1.54, 1.807) is 11.1 Å². The van der Waals surface area contributed by atoms with Crippen LogP contribution in [0.2, 0.25) is 0 Å². The van der Waals surface area contributed by atoms with Crippen LogP contribution in [-0.4, -0.2) is 17.5 Å². The zero-order valence-corrected chi connectivity index (χ0v) is 9.78. The summed E-state index contributed by atoms with van der Waals surface area (Å²) in [5, 5.41) is 3.65. The van der Waals surface area contributed by atoms with Gasteiger partial charge in [-0.1, -0.05) is 6.07 Å². The molecule has 1 aliphatic heterocycles. The van der Waals surface area contributed by atoms with E-state index in [1.807, 2.05) is 0 Å². The molecule has 0 amide bonds. The highest BCUT2D eigenvalue weighted by molar-refractivity contribution is 7.99. The third-order valence-electron chi connectivity index (χ3n) is 3.40. The van der Waals surface area contributed by atoms with E-state index in [0.717, 1.165) is 0 Å². The molecule has 15 heavy (non-hydrogen) atoms. The number of hydrogen-bond donors (Lipinski definition) is 1. The molecule has 1 aromatic rings. The van der Waals surface area contributed by atoms with Crippen molar-refractivity contribution in [3.05, 3.63) is 29.3 Å². The molecule has 0 saturated carbocycles. The molecule has 2 heteroatoms. The highest BCUT2D eigenvalue weighted by atomic mass is 32.2. The van der Waals surface area contributed by atoms with Crippen molar-refractivity contribution < 1.29 is 0 Å². The molecule has 1 saturated heterocycles. The van der Waals surface area contributed by atoms with Gasteiger partial charge in [0.05, 0.1) is 0 Å². The summed E-state index contributed by atoms with van der Waals surface area (Å²) in [4.78, 5) is 0. The predicted molar refractivity (Wildman–Crippen MR) is 67.8 cm³/mol. The van der Waals surface area contributed by atoms with Gasteiger partial charge in [0.15, 0.2) is 0 Å². The van der Waals surface area contributed by atoms with Crippen LogP contribution in [-0.2, 0) is 12.8 Å². The zero-order valence-electron chi connectivity index (χ0n) is 8.96. The van der Waals surface area contributed by atoms with Crippen LogP contribution in [0.1, 0.15) is 24.0 Å².